The summed E-state index contributed by atoms with van der Waals surface area (Å²) in [5.74, 6) is 0.273. The van der Waals surface area contributed by atoms with Crippen LogP contribution in [0.5, 0.6) is 11.6 Å². The van der Waals surface area contributed by atoms with Crippen LogP contribution in [0.15, 0.2) is 18.3 Å². The highest BCUT2D eigenvalue weighted by atomic mass is 35.5. The fourth-order valence-corrected chi connectivity index (χ4v) is 1.94. The number of hydrogen-bond acceptors (Lipinski definition) is 6. The molecule has 1 aromatic carbocycles. The second-order valence-corrected chi connectivity index (χ2v) is 4.63. The maximum absolute atomic E-state index is 10.7. The van der Waals surface area contributed by atoms with E-state index in [1.54, 1.807) is 6.92 Å². The second-order valence-electron chi connectivity index (χ2n) is 3.81. The molecule has 20 heavy (non-hydrogen) atoms. The van der Waals surface area contributed by atoms with Crippen molar-refractivity contribution in [3.8, 4) is 11.6 Å². The Hall–Kier alpha value is -2.12. The molecule has 0 unspecified atom stereocenters. The van der Waals surface area contributed by atoms with Gasteiger partial charge in [-0.25, -0.2) is 4.98 Å². The van der Waals surface area contributed by atoms with Crippen molar-refractivity contribution in [3.63, 3.8) is 0 Å². The summed E-state index contributed by atoms with van der Waals surface area (Å²) in [5.41, 5.74) is 5.85. The van der Waals surface area contributed by atoms with E-state index in [0.717, 1.165) is 12.1 Å². The molecule has 0 fully saturated rings. The van der Waals surface area contributed by atoms with Crippen molar-refractivity contribution in [2.75, 3.05) is 5.73 Å². The SMILES string of the molecule is Cc1cnc(N)nc1Oc1c(Cl)cc([N+](=O)[O-])cc1Cl. The van der Waals surface area contributed by atoms with Gasteiger partial charge in [0, 0.05) is 23.9 Å². The zero-order valence-corrected chi connectivity index (χ0v) is 11.6. The molecule has 2 aromatic rings. The molecule has 0 bridgehead atoms. The first-order valence-corrected chi connectivity index (χ1v) is 6.04. The molecule has 0 amide bonds. The number of anilines is 1. The molecule has 0 spiro atoms. The number of aromatic nitrogens is 2. The average molecular weight is 315 g/mol. The third kappa shape index (κ3) is 2.89. The van der Waals surface area contributed by atoms with E-state index in [2.05, 4.69) is 9.97 Å². The summed E-state index contributed by atoms with van der Waals surface area (Å²) in [6.07, 6.45) is 1.48. The molecule has 104 valence electrons. The van der Waals surface area contributed by atoms with E-state index in [1.807, 2.05) is 0 Å². The van der Waals surface area contributed by atoms with Crippen LogP contribution >= 0.6 is 23.2 Å². The summed E-state index contributed by atoms with van der Waals surface area (Å²) in [6.45, 7) is 1.71. The largest absolute Gasteiger partial charge is 0.435 e. The number of rotatable bonds is 3. The number of ether oxygens (including phenoxy) is 1. The van der Waals surface area contributed by atoms with Crippen molar-refractivity contribution in [2.45, 2.75) is 6.92 Å². The quantitative estimate of drug-likeness (QED) is 0.688. The van der Waals surface area contributed by atoms with E-state index in [1.165, 1.54) is 6.20 Å². The van der Waals surface area contributed by atoms with Crippen LogP contribution in [0.2, 0.25) is 10.0 Å². The smallest absolute Gasteiger partial charge is 0.272 e. The summed E-state index contributed by atoms with van der Waals surface area (Å²) in [4.78, 5) is 17.8. The highest BCUT2D eigenvalue weighted by Crippen LogP contribution is 2.39. The molecule has 0 aliphatic carbocycles. The lowest BCUT2D eigenvalue weighted by Crippen LogP contribution is -1.99. The number of nitro benzene ring substituents is 1. The van der Waals surface area contributed by atoms with E-state index in [4.69, 9.17) is 33.7 Å². The lowest BCUT2D eigenvalue weighted by Gasteiger charge is -2.10. The fourth-order valence-electron chi connectivity index (χ4n) is 1.39. The minimum atomic E-state index is -0.602. The van der Waals surface area contributed by atoms with Crippen molar-refractivity contribution in [1.29, 1.82) is 0 Å². The molecular formula is C11H8Cl2N4O3. The molecular weight excluding hydrogens is 307 g/mol. The Bertz CT molecular complexity index is 670. The Morgan fingerprint density at radius 3 is 2.50 bits per heavy atom. The minimum Gasteiger partial charge on any atom is -0.435 e. The van der Waals surface area contributed by atoms with E-state index >= 15 is 0 Å². The number of nitrogens with zero attached hydrogens (tertiary/aromatic N) is 3. The first kappa shape index (κ1) is 14.3. The molecule has 0 radical (unpaired) electrons. The van der Waals surface area contributed by atoms with E-state index < -0.39 is 4.92 Å². The summed E-state index contributed by atoms with van der Waals surface area (Å²) >= 11 is 11.9. The Balaban J connectivity index is 2.44. The lowest BCUT2D eigenvalue weighted by atomic mass is 10.3. The van der Waals surface area contributed by atoms with Crippen LogP contribution < -0.4 is 10.5 Å². The highest BCUT2D eigenvalue weighted by molar-refractivity contribution is 6.37. The predicted octanol–water partition coefficient (Wildman–Crippen LogP) is 3.37. The Labute approximate surface area is 123 Å². The number of non-ortho nitro benzene ring substituents is 1. The molecule has 0 aliphatic heterocycles. The molecule has 1 heterocycles. The summed E-state index contributed by atoms with van der Waals surface area (Å²) in [5, 5.41) is 10.7. The lowest BCUT2D eigenvalue weighted by molar-refractivity contribution is -0.384. The topological polar surface area (TPSA) is 104 Å². The number of nitrogens with two attached hydrogens (primary N) is 1. The second kappa shape index (κ2) is 5.48. The molecule has 9 heteroatoms. The monoisotopic (exact) mass is 314 g/mol. The van der Waals surface area contributed by atoms with Crippen molar-refractivity contribution < 1.29 is 9.66 Å². The minimum absolute atomic E-state index is 0.000726. The number of hydrogen-bond donors (Lipinski definition) is 1. The van der Waals surface area contributed by atoms with Gasteiger partial charge in [0.25, 0.3) is 5.69 Å². The van der Waals surface area contributed by atoms with E-state index in [9.17, 15) is 10.1 Å². The number of benzene rings is 1. The van der Waals surface area contributed by atoms with Gasteiger partial charge in [-0.3, -0.25) is 10.1 Å². The molecule has 2 rings (SSSR count). The number of nitrogen functional groups attached to an aromatic ring is 1. The first-order valence-electron chi connectivity index (χ1n) is 5.29. The molecule has 0 aliphatic rings. The highest BCUT2D eigenvalue weighted by Gasteiger charge is 2.17. The zero-order chi connectivity index (χ0) is 14.9. The van der Waals surface area contributed by atoms with Gasteiger partial charge >= 0.3 is 0 Å². The van der Waals surface area contributed by atoms with Crippen LogP contribution in [-0.2, 0) is 0 Å². The van der Waals surface area contributed by atoms with Gasteiger partial charge in [0.2, 0.25) is 11.8 Å². The Morgan fingerprint density at radius 1 is 1.35 bits per heavy atom. The third-order valence-corrected chi connectivity index (χ3v) is 2.90. The first-order chi connectivity index (χ1) is 9.38. The summed E-state index contributed by atoms with van der Waals surface area (Å²) in [6, 6.07) is 2.28. The normalized spacial score (nSPS) is 10.3. The van der Waals surface area contributed by atoms with Crippen LogP contribution in [0.3, 0.4) is 0 Å². The van der Waals surface area contributed by atoms with Gasteiger partial charge in [-0.15, -0.1) is 0 Å². The molecule has 0 saturated carbocycles. The van der Waals surface area contributed by atoms with Crippen molar-refractivity contribution >= 4 is 34.8 Å². The van der Waals surface area contributed by atoms with Gasteiger partial charge in [0.05, 0.1) is 15.0 Å². The van der Waals surface area contributed by atoms with Crippen LogP contribution in [0.1, 0.15) is 5.56 Å². The van der Waals surface area contributed by atoms with Crippen molar-refractivity contribution in [1.82, 2.24) is 9.97 Å². The number of nitro groups is 1. The van der Waals surface area contributed by atoms with Crippen LogP contribution in [0, 0.1) is 17.0 Å². The van der Waals surface area contributed by atoms with Gasteiger partial charge in [0.1, 0.15) is 0 Å². The third-order valence-electron chi connectivity index (χ3n) is 2.34. The van der Waals surface area contributed by atoms with Crippen LogP contribution in [0.25, 0.3) is 0 Å². The zero-order valence-electron chi connectivity index (χ0n) is 10.1. The van der Waals surface area contributed by atoms with Gasteiger partial charge in [-0.05, 0) is 6.92 Å². The summed E-state index contributed by atoms with van der Waals surface area (Å²) in [7, 11) is 0. The molecule has 1 aromatic heterocycles. The number of halogens is 2. The number of aryl methyl sites for hydroxylation is 1. The van der Waals surface area contributed by atoms with Crippen molar-refractivity contribution in [3.05, 3.63) is 44.1 Å². The summed E-state index contributed by atoms with van der Waals surface area (Å²) < 4.78 is 5.47. The maximum atomic E-state index is 10.7. The van der Waals surface area contributed by atoms with Gasteiger partial charge < -0.3 is 10.5 Å². The Kier molecular flexibility index (Phi) is 3.91. The van der Waals surface area contributed by atoms with Gasteiger partial charge in [-0.2, -0.15) is 4.98 Å². The van der Waals surface area contributed by atoms with E-state index in [-0.39, 0.29) is 33.3 Å². The molecule has 0 atom stereocenters. The van der Waals surface area contributed by atoms with Crippen LogP contribution in [-0.4, -0.2) is 14.9 Å². The van der Waals surface area contributed by atoms with Gasteiger partial charge in [-0.1, -0.05) is 23.2 Å². The maximum Gasteiger partial charge on any atom is 0.272 e. The molecule has 7 nitrogen and oxygen atoms in total. The molecule has 2 N–H and O–H groups in total. The fraction of sp³-hybridized carbons (Fsp3) is 0.0909. The standard InChI is InChI=1S/C11H8Cl2N4O3/c1-5-4-15-11(14)16-10(5)20-9-7(12)2-6(17(18)19)3-8(9)13/h2-4H,1H3,(H2,14,15,16). The van der Waals surface area contributed by atoms with Crippen LogP contribution in [0.4, 0.5) is 11.6 Å². The Morgan fingerprint density at radius 2 is 1.95 bits per heavy atom. The van der Waals surface area contributed by atoms with Gasteiger partial charge in [0.15, 0.2) is 5.75 Å². The van der Waals surface area contributed by atoms with Crippen molar-refractivity contribution in [2.24, 2.45) is 0 Å². The predicted molar refractivity (Wildman–Crippen MR) is 74.4 cm³/mol. The average Bonchev–Trinajstić information content (AvgIpc) is 2.37. The van der Waals surface area contributed by atoms with E-state index in [0.29, 0.717) is 5.56 Å². The molecule has 0 saturated heterocycles.